The molecule has 1 saturated heterocycles. The van der Waals surface area contributed by atoms with E-state index in [4.69, 9.17) is 0 Å². The number of carbonyl (C=O) groups is 1. The number of nitrogens with one attached hydrogen (secondary N) is 1. The molecular formula is C15H18FNO3S2. The zero-order valence-corrected chi connectivity index (χ0v) is 13.7. The summed E-state index contributed by atoms with van der Waals surface area (Å²) in [5, 5.41) is 2.94. The van der Waals surface area contributed by atoms with Gasteiger partial charge < -0.3 is 5.32 Å². The van der Waals surface area contributed by atoms with Crippen LogP contribution in [0.2, 0.25) is 0 Å². The summed E-state index contributed by atoms with van der Waals surface area (Å²) in [4.78, 5) is 13.2. The molecule has 0 radical (unpaired) electrons. The second-order valence-corrected chi connectivity index (χ2v) is 9.28. The summed E-state index contributed by atoms with van der Waals surface area (Å²) < 4.78 is 36.3. The van der Waals surface area contributed by atoms with Crippen molar-refractivity contribution in [3.63, 3.8) is 0 Å². The lowest BCUT2D eigenvalue weighted by Gasteiger charge is -2.26. The molecule has 4 nitrogen and oxygen atoms in total. The maximum atomic E-state index is 13.4. The van der Waals surface area contributed by atoms with Crippen molar-refractivity contribution in [2.24, 2.45) is 5.92 Å². The summed E-state index contributed by atoms with van der Waals surface area (Å²) in [5.41, 5.74) is 0.823. The van der Waals surface area contributed by atoms with Gasteiger partial charge in [0.25, 0.3) is 0 Å². The number of hydrogen-bond acceptors (Lipinski definition) is 4. The van der Waals surface area contributed by atoms with Gasteiger partial charge in [0.05, 0.1) is 17.5 Å². The number of hydrogen-bond donors (Lipinski definition) is 1. The highest BCUT2D eigenvalue weighted by Crippen LogP contribution is 2.36. The van der Waals surface area contributed by atoms with Gasteiger partial charge in [0, 0.05) is 17.1 Å². The van der Waals surface area contributed by atoms with Gasteiger partial charge in [-0.2, -0.15) is 0 Å². The van der Waals surface area contributed by atoms with Crippen LogP contribution < -0.4 is 5.32 Å². The summed E-state index contributed by atoms with van der Waals surface area (Å²) in [6.45, 7) is 0. The fourth-order valence-electron chi connectivity index (χ4n) is 3.06. The highest BCUT2D eigenvalue weighted by atomic mass is 32.2. The number of halogens is 1. The van der Waals surface area contributed by atoms with Gasteiger partial charge in [0.15, 0.2) is 9.84 Å². The van der Waals surface area contributed by atoms with Crippen molar-refractivity contribution in [1.82, 2.24) is 5.32 Å². The molecule has 0 aliphatic carbocycles. The van der Waals surface area contributed by atoms with E-state index in [1.54, 1.807) is 17.8 Å². The van der Waals surface area contributed by atoms with Crippen LogP contribution in [0.4, 0.5) is 4.39 Å². The topological polar surface area (TPSA) is 63.2 Å². The minimum Gasteiger partial charge on any atom is -0.349 e. The normalized spacial score (nSPS) is 26.4. The summed E-state index contributed by atoms with van der Waals surface area (Å²) in [6.07, 6.45) is 1.55. The summed E-state index contributed by atoms with van der Waals surface area (Å²) in [6, 6.07) is 4.47. The Balaban J connectivity index is 1.64. The van der Waals surface area contributed by atoms with Crippen molar-refractivity contribution in [1.29, 1.82) is 0 Å². The molecule has 120 valence electrons. The third kappa shape index (κ3) is 3.63. The molecule has 2 aliphatic rings. The largest absolute Gasteiger partial charge is 0.349 e. The van der Waals surface area contributed by atoms with E-state index in [1.807, 2.05) is 0 Å². The van der Waals surface area contributed by atoms with E-state index < -0.39 is 9.84 Å². The lowest BCUT2D eigenvalue weighted by molar-refractivity contribution is -0.122. The van der Waals surface area contributed by atoms with Crippen molar-refractivity contribution in [2.45, 2.75) is 30.2 Å². The van der Waals surface area contributed by atoms with E-state index in [9.17, 15) is 17.6 Å². The fourth-order valence-corrected chi connectivity index (χ4v) is 6.03. The number of amides is 1. The van der Waals surface area contributed by atoms with Crippen LogP contribution in [0.25, 0.3) is 0 Å². The van der Waals surface area contributed by atoms with E-state index in [1.165, 1.54) is 12.1 Å². The Hall–Kier alpha value is -1.08. The minimum atomic E-state index is -2.96. The van der Waals surface area contributed by atoms with Gasteiger partial charge in [-0.25, -0.2) is 12.8 Å². The number of carbonyl (C=O) groups excluding carboxylic acids is 1. The summed E-state index contributed by atoms with van der Waals surface area (Å²) in [5.74, 6) is 0.624. The fraction of sp³-hybridized carbons (Fsp3) is 0.533. The molecule has 3 rings (SSSR count). The van der Waals surface area contributed by atoms with E-state index in [2.05, 4.69) is 5.32 Å². The first-order valence-corrected chi connectivity index (χ1v) is 10.2. The summed E-state index contributed by atoms with van der Waals surface area (Å²) >= 11 is 1.66. The molecule has 1 aromatic carbocycles. The molecule has 1 N–H and O–H groups in total. The molecule has 2 atom stereocenters. The Morgan fingerprint density at radius 2 is 2.18 bits per heavy atom. The van der Waals surface area contributed by atoms with Crippen molar-refractivity contribution in [3.8, 4) is 0 Å². The molecule has 1 amide bonds. The van der Waals surface area contributed by atoms with E-state index in [0.717, 1.165) is 22.6 Å². The van der Waals surface area contributed by atoms with Crippen LogP contribution in [-0.2, 0) is 14.6 Å². The van der Waals surface area contributed by atoms with Crippen LogP contribution in [-0.4, -0.2) is 31.6 Å². The second-order valence-electron chi connectivity index (χ2n) is 5.91. The second kappa shape index (κ2) is 6.20. The number of fused-ring (bicyclic) bond motifs is 1. The molecule has 0 spiro atoms. The molecule has 2 unspecified atom stereocenters. The number of thioether (sulfide) groups is 1. The minimum absolute atomic E-state index is 0.0880. The Labute approximate surface area is 133 Å². The van der Waals surface area contributed by atoms with Gasteiger partial charge in [-0.05, 0) is 42.5 Å². The molecule has 1 aromatic rings. The van der Waals surface area contributed by atoms with Gasteiger partial charge in [0.2, 0.25) is 5.91 Å². The number of rotatable bonds is 3. The SMILES string of the molecule is O=C(CC1CCS(=O)(=O)C1)NC1CCSc2ccc(F)cc21. The zero-order valence-electron chi connectivity index (χ0n) is 12.0. The van der Waals surface area contributed by atoms with Crippen molar-refractivity contribution >= 4 is 27.5 Å². The van der Waals surface area contributed by atoms with E-state index in [0.29, 0.717) is 6.42 Å². The van der Waals surface area contributed by atoms with E-state index in [-0.39, 0.29) is 41.6 Å². The van der Waals surface area contributed by atoms with Crippen LogP contribution in [0.1, 0.15) is 30.9 Å². The van der Waals surface area contributed by atoms with Gasteiger partial charge >= 0.3 is 0 Å². The molecule has 0 bridgehead atoms. The average Bonchev–Trinajstić information content (AvgIpc) is 2.78. The highest BCUT2D eigenvalue weighted by molar-refractivity contribution is 7.99. The maximum absolute atomic E-state index is 13.4. The van der Waals surface area contributed by atoms with E-state index >= 15 is 0 Å². The molecule has 2 aliphatic heterocycles. The van der Waals surface area contributed by atoms with Crippen LogP contribution >= 0.6 is 11.8 Å². The lowest BCUT2D eigenvalue weighted by Crippen LogP contribution is -2.32. The number of benzene rings is 1. The van der Waals surface area contributed by atoms with Gasteiger partial charge in [-0.3, -0.25) is 4.79 Å². The predicted octanol–water partition coefficient (Wildman–Crippen LogP) is 2.30. The van der Waals surface area contributed by atoms with Gasteiger partial charge in [-0.15, -0.1) is 11.8 Å². The molecular weight excluding hydrogens is 325 g/mol. The Morgan fingerprint density at radius 1 is 1.36 bits per heavy atom. The van der Waals surface area contributed by atoms with Gasteiger partial charge in [-0.1, -0.05) is 0 Å². The molecule has 1 fully saturated rings. The molecule has 0 aromatic heterocycles. The summed E-state index contributed by atoms with van der Waals surface area (Å²) in [7, 11) is -2.96. The van der Waals surface area contributed by atoms with Crippen LogP contribution in [0, 0.1) is 11.7 Å². The van der Waals surface area contributed by atoms with Crippen molar-refractivity contribution in [2.75, 3.05) is 17.3 Å². The first-order chi connectivity index (χ1) is 10.4. The van der Waals surface area contributed by atoms with Gasteiger partial charge in [0.1, 0.15) is 5.82 Å². The zero-order chi connectivity index (χ0) is 15.7. The third-order valence-corrected chi connectivity index (χ3v) is 7.11. The number of sulfone groups is 1. The molecule has 2 heterocycles. The lowest BCUT2D eigenvalue weighted by atomic mass is 10.0. The average molecular weight is 343 g/mol. The molecule has 22 heavy (non-hydrogen) atoms. The standard InChI is InChI=1S/C15H18FNO3S2/c16-11-1-2-14-12(8-11)13(3-5-21-14)17-15(18)7-10-4-6-22(19,20)9-10/h1-2,8,10,13H,3-7,9H2,(H,17,18). The highest BCUT2D eigenvalue weighted by Gasteiger charge is 2.30. The third-order valence-electron chi connectivity index (χ3n) is 4.15. The smallest absolute Gasteiger partial charge is 0.220 e. The predicted molar refractivity (Wildman–Crippen MR) is 84.0 cm³/mol. The van der Waals surface area contributed by atoms with Crippen LogP contribution in [0.5, 0.6) is 0 Å². The maximum Gasteiger partial charge on any atom is 0.220 e. The first-order valence-electron chi connectivity index (χ1n) is 7.35. The monoisotopic (exact) mass is 343 g/mol. The Kier molecular flexibility index (Phi) is 4.45. The first kappa shape index (κ1) is 15.8. The van der Waals surface area contributed by atoms with Crippen molar-refractivity contribution < 1.29 is 17.6 Å². The quantitative estimate of drug-likeness (QED) is 0.915. The van der Waals surface area contributed by atoms with Crippen molar-refractivity contribution in [3.05, 3.63) is 29.6 Å². The van der Waals surface area contributed by atoms with Crippen LogP contribution in [0.3, 0.4) is 0 Å². The Bertz CT molecular complexity index is 690. The molecule has 0 saturated carbocycles. The van der Waals surface area contributed by atoms with Crippen LogP contribution in [0.15, 0.2) is 23.1 Å². The molecule has 7 heteroatoms. The Morgan fingerprint density at radius 3 is 2.91 bits per heavy atom.